The van der Waals surface area contributed by atoms with E-state index in [0.717, 1.165) is 35.9 Å². The van der Waals surface area contributed by atoms with Gasteiger partial charge in [-0.3, -0.25) is 4.31 Å². The third-order valence-electron chi connectivity index (χ3n) is 4.07. The lowest BCUT2D eigenvalue weighted by Gasteiger charge is -2.22. The van der Waals surface area contributed by atoms with Gasteiger partial charge in [-0.1, -0.05) is 24.3 Å². The van der Waals surface area contributed by atoms with Gasteiger partial charge in [-0.25, -0.2) is 8.42 Å². The lowest BCUT2D eigenvalue weighted by atomic mass is 10.1. The Bertz CT molecular complexity index is 774. The maximum absolute atomic E-state index is 12.7. The average molecular weight is 289 g/mol. The number of sulfonamides is 1. The molecule has 1 saturated heterocycles. The molecule has 2 aliphatic heterocycles. The molecule has 0 unspecified atom stereocenters. The molecule has 4 rings (SSSR count). The van der Waals surface area contributed by atoms with Crippen LogP contribution in [-0.2, 0) is 14.8 Å². The number of rotatable bonds is 2. The van der Waals surface area contributed by atoms with E-state index in [4.69, 9.17) is 4.74 Å². The number of benzene rings is 2. The fourth-order valence-electron chi connectivity index (χ4n) is 3.13. The van der Waals surface area contributed by atoms with Gasteiger partial charge < -0.3 is 4.74 Å². The van der Waals surface area contributed by atoms with Crippen LogP contribution in [0.4, 0.5) is 5.69 Å². The van der Waals surface area contributed by atoms with Crippen LogP contribution in [0.5, 0.6) is 0 Å². The first kappa shape index (κ1) is 12.2. The molecule has 2 aromatic rings. The van der Waals surface area contributed by atoms with Crippen LogP contribution >= 0.6 is 0 Å². The Hall–Kier alpha value is -1.59. The molecule has 0 aromatic heterocycles. The van der Waals surface area contributed by atoms with Gasteiger partial charge in [0.15, 0.2) is 0 Å². The highest BCUT2D eigenvalue weighted by molar-refractivity contribution is 7.93. The maximum atomic E-state index is 12.7. The minimum Gasteiger partial charge on any atom is -0.376 e. The first-order valence-electron chi connectivity index (χ1n) is 6.84. The smallest absolute Gasteiger partial charge is 0.265 e. The van der Waals surface area contributed by atoms with Gasteiger partial charge in [0.1, 0.15) is 0 Å². The van der Waals surface area contributed by atoms with Crippen molar-refractivity contribution in [2.45, 2.75) is 23.8 Å². The Labute approximate surface area is 118 Å². The summed E-state index contributed by atoms with van der Waals surface area (Å²) >= 11 is 0. The fourth-order valence-corrected chi connectivity index (χ4v) is 4.87. The number of nitrogens with zero attached hydrogens (tertiary/aromatic N) is 1. The Balaban J connectivity index is 1.88. The lowest BCUT2D eigenvalue weighted by molar-refractivity contribution is 0.118. The molecule has 4 nitrogen and oxygen atoms in total. The largest absolute Gasteiger partial charge is 0.376 e. The van der Waals surface area contributed by atoms with Crippen molar-refractivity contribution in [2.75, 3.05) is 17.5 Å². The number of hydrogen-bond acceptors (Lipinski definition) is 3. The van der Waals surface area contributed by atoms with Crippen LogP contribution in [0, 0.1) is 0 Å². The van der Waals surface area contributed by atoms with Gasteiger partial charge in [0.2, 0.25) is 0 Å². The summed E-state index contributed by atoms with van der Waals surface area (Å²) in [5, 5.41) is 1.81. The van der Waals surface area contributed by atoms with Gasteiger partial charge in [0.25, 0.3) is 10.0 Å². The normalized spacial score (nSPS) is 23.6. The number of hydrogen-bond donors (Lipinski definition) is 0. The van der Waals surface area contributed by atoms with Crippen molar-refractivity contribution in [3.05, 3.63) is 36.4 Å². The molecule has 0 radical (unpaired) electrons. The summed E-state index contributed by atoms with van der Waals surface area (Å²) < 4.78 is 32.6. The van der Waals surface area contributed by atoms with E-state index in [0.29, 0.717) is 11.4 Å². The second kappa shape index (κ2) is 4.20. The Morgan fingerprint density at radius 3 is 2.75 bits per heavy atom. The molecule has 20 heavy (non-hydrogen) atoms. The highest BCUT2D eigenvalue weighted by Gasteiger charge is 2.37. The molecule has 104 valence electrons. The maximum Gasteiger partial charge on any atom is 0.265 e. The molecule has 0 spiro atoms. The Kier molecular flexibility index (Phi) is 2.56. The molecule has 2 heterocycles. The van der Waals surface area contributed by atoms with Crippen molar-refractivity contribution in [1.29, 1.82) is 0 Å². The second-order valence-corrected chi connectivity index (χ2v) is 7.13. The molecular weight excluding hydrogens is 274 g/mol. The molecule has 2 aliphatic rings. The predicted molar refractivity (Wildman–Crippen MR) is 77.5 cm³/mol. The zero-order chi connectivity index (χ0) is 13.7. The Morgan fingerprint density at radius 1 is 1.20 bits per heavy atom. The number of anilines is 1. The van der Waals surface area contributed by atoms with E-state index >= 15 is 0 Å². The van der Waals surface area contributed by atoms with Gasteiger partial charge in [-0.05, 0) is 30.4 Å². The van der Waals surface area contributed by atoms with E-state index in [9.17, 15) is 8.42 Å². The van der Waals surface area contributed by atoms with Crippen LogP contribution in [0.3, 0.4) is 0 Å². The zero-order valence-electron chi connectivity index (χ0n) is 11.0. The van der Waals surface area contributed by atoms with Crippen LogP contribution in [0.25, 0.3) is 10.8 Å². The number of ether oxygens (including phenoxy) is 1. The van der Waals surface area contributed by atoms with Crippen molar-refractivity contribution in [3.8, 4) is 0 Å². The molecule has 1 fully saturated rings. The summed E-state index contributed by atoms with van der Waals surface area (Å²) in [4.78, 5) is 0.420. The zero-order valence-corrected chi connectivity index (χ0v) is 11.8. The van der Waals surface area contributed by atoms with E-state index in [-0.39, 0.29) is 6.10 Å². The molecule has 0 aliphatic carbocycles. The molecule has 2 aromatic carbocycles. The third kappa shape index (κ3) is 1.60. The van der Waals surface area contributed by atoms with Gasteiger partial charge in [-0.15, -0.1) is 0 Å². The van der Waals surface area contributed by atoms with Gasteiger partial charge >= 0.3 is 0 Å². The third-order valence-corrected chi connectivity index (χ3v) is 5.90. The minimum absolute atomic E-state index is 0.00865. The molecular formula is C15H15NO3S. The van der Waals surface area contributed by atoms with Crippen molar-refractivity contribution < 1.29 is 13.2 Å². The molecule has 5 heteroatoms. The highest BCUT2D eigenvalue weighted by atomic mass is 32.2. The second-order valence-electron chi connectivity index (χ2n) is 5.30. The minimum atomic E-state index is -3.43. The monoisotopic (exact) mass is 289 g/mol. The first-order valence-corrected chi connectivity index (χ1v) is 8.28. The first-order chi connectivity index (χ1) is 9.68. The van der Waals surface area contributed by atoms with Crippen molar-refractivity contribution in [2.24, 2.45) is 0 Å². The average Bonchev–Trinajstić information content (AvgIpc) is 3.02. The van der Waals surface area contributed by atoms with Crippen LogP contribution in [0.15, 0.2) is 41.3 Å². The Morgan fingerprint density at radius 2 is 2.00 bits per heavy atom. The standard InChI is InChI=1S/C15H15NO3S/c17-20(18)14-8-2-5-11-4-1-7-13(15(11)14)16(20)10-12-6-3-9-19-12/h1-2,4-5,7-8,12H,3,6,9-10H2/t12-/m0/s1. The molecule has 0 bridgehead atoms. The molecule has 0 saturated carbocycles. The summed E-state index contributed by atoms with van der Waals surface area (Å²) in [5.41, 5.74) is 0.786. The van der Waals surface area contributed by atoms with Crippen LogP contribution in [-0.4, -0.2) is 27.7 Å². The summed E-state index contributed by atoms with van der Waals surface area (Å²) in [5.74, 6) is 0. The summed E-state index contributed by atoms with van der Waals surface area (Å²) in [6, 6.07) is 11.2. The van der Waals surface area contributed by atoms with Crippen LogP contribution in [0.2, 0.25) is 0 Å². The summed E-state index contributed by atoms with van der Waals surface area (Å²) in [6.07, 6.45) is 1.95. The molecule has 0 N–H and O–H groups in total. The quantitative estimate of drug-likeness (QED) is 0.853. The van der Waals surface area contributed by atoms with E-state index in [1.807, 2.05) is 24.3 Å². The topological polar surface area (TPSA) is 46.6 Å². The lowest BCUT2D eigenvalue weighted by Crippen LogP contribution is -2.34. The fraction of sp³-hybridized carbons (Fsp3) is 0.333. The van der Waals surface area contributed by atoms with E-state index in [1.165, 1.54) is 4.31 Å². The van der Waals surface area contributed by atoms with E-state index in [2.05, 4.69) is 0 Å². The van der Waals surface area contributed by atoms with Gasteiger partial charge in [-0.2, -0.15) is 0 Å². The summed E-state index contributed by atoms with van der Waals surface area (Å²) in [6.45, 7) is 1.14. The SMILES string of the molecule is O=S1(=O)c2cccc3cccc(c23)N1C[C@@H]1CCCO1. The van der Waals surface area contributed by atoms with E-state index < -0.39 is 10.0 Å². The van der Waals surface area contributed by atoms with Crippen molar-refractivity contribution in [3.63, 3.8) is 0 Å². The highest BCUT2D eigenvalue weighted by Crippen LogP contribution is 2.42. The molecule has 0 amide bonds. The molecule has 1 atom stereocenters. The summed E-state index contributed by atoms with van der Waals surface area (Å²) in [7, 11) is -3.43. The van der Waals surface area contributed by atoms with Gasteiger partial charge in [0, 0.05) is 12.0 Å². The van der Waals surface area contributed by atoms with Gasteiger partial charge in [0.05, 0.1) is 23.2 Å². The van der Waals surface area contributed by atoms with Crippen LogP contribution in [0.1, 0.15) is 12.8 Å². The predicted octanol–water partition coefficient (Wildman–Crippen LogP) is 2.53. The van der Waals surface area contributed by atoms with Crippen LogP contribution < -0.4 is 4.31 Å². The van der Waals surface area contributed by atoms with Crippen molar-refractivity contribution >= 4 is 26.5 Å². The van der Waals surface area contributed by atoms with Crippen molar-refractivity contribution in [1.82, 2.24) is 0 Å². The van der Waals surface area contributed by atoms with E-state index in [1.54, 1.807) is 12.1 Å².